The van der Waals surface area contributed by atoms with E-state index in [0.717, 1.165) is 9.13 Å². The van der Waals surface area contributed by atoms with Crippen LogP contribution in [0, 0.1) is 10.5 Å². The lowest BCUT2D eigenvalue weighted by atomic mass is 10.1. The topological polar surface area (TPSA) is 42.0 Å². The van der Waals surface area contributed by atoms with Crippen LogP contribution >= 0.6 is 34.2 Å². The van der Waals surface area contributed by atoms with E-state index in [9.17, 15) is 4.79 Å². The fourth-order valence-electron chi connectivity index (χ4n) is 1.37. The summed E-state index contributed by atoms with van der Waals surface area (Å²) in [6.07, 6.45) is 1.69. The van der Waals surface area contributed by atoms with Gasteiger partial charge in [0.1, 0.15) is 5.82 Å². The molecule has 0 saturated carbocycles. The summed E-state index contributed by atoms with van der Waals surface area (Å²) in [5.74, 6) is 0.308. The highest BCUT2D eigenvalue weighted by Crippen LogP contribution is 2.17. The largest absolute Gasteiger partial charge is 0.307 e. The Morgan fingerprint density at radius 2 is 2.11 bits per heavy atom. The molecule has 0 aliphatic heterocycles. The summed E-state index contributed by atoms with van der Waals surface area (Å²) in [4.78, 5) is 16.1. The highest BCUT2D eigenvalue weighted by molar-refractivity contribution is 14.1. The molecule has 0 bridgehead atoms. The number of carbonyl (C=O) groups is 1. The van der Waals surface area contributed by atoms with Gasteiger partial charge in [0, 0.05) is 20.4 Å². The van der Waals surface area contributed by atoms with E-state index < -0.39 is 0 Å². The van der Waals surface area contributed by atoms with E-state index in [0.29, 0.717) is 16.4 Å². The zero-order valence-corrected chi connectivity index (χ0v) is 12.5. The van der Waals surface area contributed by atoms with E-state index in [1.165, 1.54) is 0 Å². The second kappa shape index (κ2) is 5.67. The molecule has 0 radical (unpaired) electrons. The van der Waals surface area contributed by atoms with Crippen molar-refractivity contribution in [2.24, 2.45) is 0 Å². The molecule has 18 heavy (non-hydrogen) atoms. The first-order valence-corrected chi connectivity index (χ1v) is 6.71. The lowest BCUT2D eigenvalue weighted by Crippen LogP contribution is -2.12. The fourth-order valence-corrected chi connectivity index (χ4v) is 1.87. The van der Waals surface area contributed by atoms with Crippen LogP contribution in [0.1, 0.15) is 15.9 Å². The minimum atomic E-state index is -0.217. The predicted molar refractivity (Wildman–Crippen MR) is 81.1 cm³/mol. The van der Waals surface area contributed by atoms with Gasteiger partial charge in [-0.2, -0.15) is 0 Å². The Labute approximate surface area is 124 Å². The van der Waals surface area contributed by atoms with Gasteiger partial charge < -0.3 is 5.32 Å². The first-order chi connectivity index (χ1) is 8.56. The van der Waals surface area contributed by atoms with Crippen molar-refractivity contribution in [1.82, 2.24) is 4.98 Å². The molecule has 0 unspecified atom stereocenters. The van der Waals surface area contributed by atoms with Crippen LogP contribution in [-0.4, -0.2) is 10.9 Å². The Balaban J connectivity index is 2.16. The third-order valence-corrected chi connectivity index (χ3v) is 3.45. The first-order valence-electron chi connectivity index (χ1n) is 5.25. The lowest BCUT2D eigenvalue weighted by Gasteiger charge is -2.05. The summed E-state index contributed by atoms with van der Waals surface area (Å²) in [6, 6.07) is 8.85. The lowest BCUT2D eigenvalue weighted by molar-refractivity contribution is 0.102. The number of nitrogens with one attached hydrogen (secondary N) is 1. The number of nitrogens with zero attached hydrogens (tertiary/aromatic N) is 1. The Morgan fingerprint density at radius 3 is 2.72 bits per heavy atom. The molecule has 3 nitrogen and oxygen atoms in total. The first kappa shape index (κ1) is 13.3. The second-order valence-electron chi connectivity index (χ2n) is 3.78. The van der Waals surface area contributed by atoms with Gasteiger partial charge in [-0.15, -0.1) is 0 Å². The minimum Gasteiger partial charge on any atom is -0.307 e. The molecule has 2 rings (SSSR count). The van der Waals surface area contributed by atoms with Crippen molar-refractivity contribution in [2.75, 3.05) is 5.32 Å². The predicted octanol–water partition coefficient (Wildman–Crippen LogP) is 3.90. The van der Waals surface area contributed by atoms with Gasteiger partial charge in [-0.25, -0.2) is 4.98 Å². The molecule has 1 aromatic carbocycles. The van der Waals surface area contributed by atoms with Crippen molar-refractivity contribution in [3.63, 3.8) is 0 Å². The highest BCUT2D eigenvalue weighted by Gasteiger charge is 2.08. The van der Waals surface area contributed by atoms with Crippen molar-refractivity contribution < 1.29 is 4.79 Å². The Hall–Kier alpha value is -1.14. The molecule has 2 aromatic rings. The molecular weight excluding hydrogens is 363 g/mol. The monoisotopic (exact) mass is 372 g/mol. The summed E-state index contributed by atoms with van der Waals surface area (Å²) >= 11 is 8.14. The number of amides is 1. The van der Waals surface area contributed by atoms with E-state index in [-0.39, 0.29) is 5.91 Å². The Morgan fingerprint density at radius 1 is 1.33 bits per heavy atom. The normalized spacial score (nSPS) is 10.2. The third-order valence-electron chi connectivity index (χ3n) is 2.40. The molecule has 1 N–H and O–H groups in total. The maximum absolute atomic E-state index is 12.0. The molecule has 0 spiro atoms. The molecule has 0 fully saturated rings. The fraction of sp³-hybridized carbons (Fsp3) is 0.0769. The number of aryl methyl sites for hydroxylation is 1. The summed E-state index contributed by atoms with van der Waals surface area (Å²) in [6.45, 7) is 1.89. The minimum absolute atomic E-state index is 0.217. The van der Waals surface area contributed by atoms with E-state index >= 15 is 0 Å². The van der Waals surface area contributed by atoms with Crippen LogP contribution in [0.2, 0.25) is 5.02 Å². The number of pyridine rings is 1. The van der Waals surface area contributed by atoms with E-state index in [1.807, 2.05) is 19.1 Å². The molecule has 5 heteroatoms. The van der Waals surface area contributed by atoms with Crippen LogP contribution in [0.25, 0.3) is 0 Å². The average Bonchev–Trinajstić information content (AvgIpc) is 2.35. The van der Waals surface area contributed by atoms with Crippen molar-refractivity contribution in [1.29, 1.82) is 0 Å². The van der Waals surface area contributed by atoms with E-state index in [2.05, 4.69) is 32.9 Å². The molecule has 0 aliphatic carbocycles. The number of carbonyl (C=O) groups excluding carboxylic acids is 1. The quantitative estimate of drug-likeness (QED) is 0.813. The molecule has 1 amide bonds. The van der Waals surface area contributed by atoms with Crippen molar-refractivity contribution in [3.8, 4) is 0 Å². The van der Waals surface area contributed by atoms with Crippen molar-refractivity contribution in [2.45, 2.75) is 6.92 Å². The number of benzene rings is 1. The van der Waals surface area contributed by atoms with Gasteiger partial charge in [-0.3, -0.25) is 4.79 Å². The Kier molecular flexibility index (Phi) is 4.19. The van der Waals surface area contributed by atoms with Crippen LogP contribution in [0.15, 0.2) is 36.5 Å². The second-order valence-corrected chi connectivity index (χ2v) is 5.43. The van der Waals surface area contributed by atoms with Crippen LogP contribution in [0.4, 0.5) is 5.82 Å². The average molecular weight is 373 g/mol. The molecule has 92 valence electrons. The van der Waals surface area contributed by atoms with Gasteiger partial charge in [0.2, 0.25) is 0 Å². The maximum atomic E-state index is 12.0. The maximum Gasteiger partial charge on any atom is 0.256 e. The SMILES string of the molecule is Cc1ccc(C(=O)Nc2ccc(I)cn2)cc1Cl. The van der Waals surface area contributed by atoms with Gasteiger partial charge in [0.25, 0.3) is 5.91 Å². The van der Waals surface area contributed by atoms with Gasteiger partial charge in [-0.1, -0.05) is 17.7 Å². The standard InChI is InChI=1S/C13H10ClIN2O/c1-8-2-3-9(6-11(8)14)13(18)17-12-5-4-10(15)7-16-12/h2-7H,1H3,(H,16,17,18). The summed E-state index contributed by atoms with van der Waals surface area (Å²) in [5.41, 5.74) is 1.46. The number of anilines is 1. The van der Waals surface area contributed by atoms with Gasteiger partial charge in [0.05, 0.1) is 0 Å². The van der Waals surface area contributed by atoms with Crippen molar-refractivity contribution >= 4 is 45.9 Å². The number of aromatic nitrogens is 1. The van der Waals surface area contributed by atoms with E-state index in [1.54, 1.807) is 24.4 Å². The number of hydrogen-bond acceptors (Lipinski definition) is 2. The van der Waals surface area contributed by atoms with Crippen LogP contribution in [0.3, 0.4) is 0 Å². The zero-order chi connectivity index (χ0) is 13.1. The molecule has 0 aliphatic rings. The molecule has 0 atom stereocenters. The zero-order valence-electron chi connectivity index (χ0n) is 9.58. The third kappa shape index (κ3) is 3.20. The summed E-state index contributed by atoms with van der Waals surface area (Å²) < 4.78 is 1.02. The molecule has 1 heterocycles. The highest BCUT2D eigenvalue weighted by atomic mass is 127. The number of rotatable bonds is 2. The molecular formula is C13H10ClIN2O. The van der Waals surface area contributed by atoms with Gasteiger partial charge >= 0.3 is 0 Å². The van der Waals surface area contributed by atoms with Gasteiger partial charge in [0.15, 0.2) is 0 Å². The van der Waals surface area contributed by atoms with Crippen LogP contribution in [-0.2, 0) is 0 Å². The number of hydrogen-bond donors (Lipinski definition) is 1. The molecule has 0 saturated heterocycles. The van der Waals surface area contributed by atoms with Crippen LogP contribution in [0.5, 0.6) is 0 Å². The smallest absolute Gasteiger partial charge is 0.256 e. The van der Waals surface area contributed by atoms with Gasteiger partial charge in [-0.05, 0) is 59.3 Å². The summed E-state index contributed by atoms with van der Waals surface area (Å²) in [7, 11) is 0. The summed E-state index contributed by atoms with van der Waals surface area (Å²) in [5, 5.41) is 3.30. The van der Waals surface area contributed by atoms with Crippen LogP contribution < -0.4 is 5.32 Å². The van der Waals surface area contributed by atoms with Crippen molar-refractivity contribution in [3.05, 3.63) is 56.2 Å². The Bertz CT molecular complexity index is 584. The molecule has 1 aromatic heterocycles. The number of halogens is 2. The van der Waals surface area contributed by atoms with E-state index in [4.69, 9.17) is 11.6 Å².